The largest absolute Gasteiger partial charge is 0.269 e. The van der Waals surface area contributed by atoms with E-state index < -0.39 is 0 Å². The molecular formula is C23H20N2. The van der Waals surface area contributed by atoms with Crippen LogP contribution < -0.4 is 5.01 Å². The van der Waals surface area contributed by atoms with Gasteiger partial charge in [-0.25, -0.2) is 0 Å². The summed E-state index contributed by atoms with van der Waals surface area (Å²) in [5, 5.41) is 6.53. The van der Waals surface area contributed by atoms with Gasteiger partial charge >= 0.3 is 0 Å². The van der Waals surface area contributed by atoms with Gasteiger partial charge in [0.2, 0.25) is 0 Å². The van der Waals surface area contributed by atoms with Gasteiger partial charge in [0.25, 0.3) is 0 Å². The van der Waals surface area contributed by atoms with Gasteiger partial charge in [-0.05, 0) is 34.4 Å². The lowest BCUT2D eigenvalue weighted by atomic mass is 9.90. The molecule has 4 rings (SSSR count). The number of benzene rings is 3. The Balaban J connectivity index is 1.65. The van der Waals surface area contributed by atoms with Gasteiger partial charge in [-0.3, -0.25) is 5.01 Å². The molecule has 0 radical (unpaired) electrons. The summed E-state index contributed by atoms with van der Waals surface area (Å²) in [4.78, 5) is 0. The first-order chi connectivity index (χ1) is 12.3. The predicted molar refractivity (Wildman–Crippen MR) is 106 cm³/mol. The molecular weight excluding hydrogens is 304 g/mol. The monoisotopic (exact) mass is 324 g/mol. The van der Waals surface area contributed by atoms with Crippen LogP contribution in [0.2, 0.25) is 0 Å². The van der Waals surface area contributed by atoms with Crippen LogP contribution in [0.4, 0.5) is 5.69 Å². The zero-order valence-corrected chi connectivity index (χ0v) is 14.2. The van der Waals surface area contributed by atoms with Crippen LogP contribution in [0.5, 0.6) is 0 Å². The van der Waals surface area contributed by atoms with Crippen LogP contribution in [0.15, 0.2) is 90.0 Å². The lowest BCUT2D eigenvalue weighted by molar-refractivity contribution is 1.02. The lowest BCUT2D eigenvalue weighted by Gasteiger charge is -2.16. The van der Waals surface area contributed by atoms with Crippen LogP contribution >= 0.6 is 0 Å². The van der Waals surface area contributed by atoms with Crippen LogP contribution in [0.1, 0.15) is 28.2 Å². The van der Waals surface area contributed by atoms with Gasteiger partial charge in [0.1, 0.15) is 0 Å². The van der Waals surface area contributed by atoms with Crippen molar-refractivity contribution in [1.29, 1.82) is 0 Å². The smallest absolute Gasteiger partial charge is 0.0590 e. The molecule has 1 atom stereocenters. The molecule has 2 nitrogen and oxygen atoms in total. The van der Waals surface area contributed by atoms with Gasteiger partial charge in [0, 0.05) is 13.0 Å². The molecule has 0 heterocycles. The SMILES string of the molecule is CN(N=Cc1ccccc1C1C=Cc2ccccc21)c1ccccc1. The Morgan fingerprint density at radius 3 is 2.32 bits per heavy atom. The molecule has 1 unspecified atom stereocenters. The summed E-state index contributed by atoms with van der Waals surface area (Å²) in [7, 11) is 1.97. The van der Waals surface area contributed by atoms with Gasteiger partial charge in [0.15, 0.2) is 0 Å². The molecule has 1 aliphatic rings. The van der Waals surface area contributed by atoms with E-state index in [0.717, 1.165) is 11.3 Å². The second-order valence-corrected chi connectivity index (χ2v) is 6.20. The average Bonchev–Trinajstić information content (AvgIpc) is 3.11. The zero-order chi connectivity index (χ0) is 17.1. The second-order valence-electron chi connectivity index (χ2n) is 6.20. The summed E-state index contributed by atoms with van der Waals surface area (Å²) >= 11 is 0. The minimum absolute atomic E-state index is 0.292. The van der Waals surface area contributed by atoms with E-state index in [1.54, 1.807) is 0 Å². The zero-order valence-electron chi connectivity index (χ0n) is 14.2. The number of anilines is 1. The minimum atomic E-state index is 0.292. The number of allylic oxidation sites excluding steroid dienone is 1. The highest BCUT2D eigenvalue weighted by atomic mass is 15.4. The first-order valence-electron chi connectivity index (χ1n) is 8.52. The number of fused-ring (bicyclic) bond motifs is 1. The van der Waals surface area contributed by atoms with Crippen LogP contribution in [0.3, 0.4) is 0 Å². The molecule has 0 aliphatic heterocycles. The number of rotatable bonds is 4. The Bertz CT molecular complexity index is 926. The Morgan fingerprint density at radius 1 is 0.800 bits per heavy atom. The van der Waals surface area contributed by atoms with Crippen molar-refractivity contribution in [3.05, 3.63) is 107 Å². The summed E-state index contributed by atoms with van der Waals surface area (Å²) in [6.45, 7) is 0. The molecule has 2 heteroatoms. The maximum atomic E-state index is 4.64. The Hall–Kier alpha value is -3.13. The first kappa shape index (κ1) is 15.4. The molecule has 0 saturated heterocycles. The number of hydrogen-bond acceptors (Lipinski definition) is 2. The van der Waals surface area contributed by atoms with Crippen LogP contribution in [-0.4, -0.2) is 13.3 Å². The number of hydrazone groups is 1. The Kier molecular flexibility index (Phi) is 4.17. The van der Waals surface area contributed by atoms with Crippen molar-refractivity contribution in [3.63, 3.8) is 0 Å². The van der Waals surface area contributed by atoms with Crippen LogP contribution in [0.25, 0.3) is 6.08 Å². The van der Waals surface area contributed by atoms with E-state index in [0.29, 0.717) is 5.92 Å². The molecule has 3 aromatic carbocycles. The number of para-hydroxylation sites is 1. The third-order valence-electron chi connectivity index (χ3n) is 4.63. The van der Waals surface area contributed by atoms with E-state index in [4.69, 9.17) is 0 Å². The molecule has 0 spiro atoms. The third-order valence-corrected chi connectivity index (χ3v) is 4.63. The molecule has 0 aromatic heterocycles. The molecule has 0 saturated carbocycles. The number of hydrogen-bond donors (Lipinski definition) is 0. The average molecular weight is 324 g/mol. The van der Waals surface area contributed by atoms with Gasteiger partial charge in [-0.15, -0.1) is 0 Å². The fourth-order valence-corrected chi connectivity index (χ4v) is 3.29. The molecule has 0 amide bonds. The van der Waals surface area contributed by atoms with Crippen molar-refractivity contribution < 1.29 is 0 Å². The molecule has 1 aliphatic carbocycles. The van der Waals surface area contributed by atoms with Crippen molar-refractivity contribution in [2.75, 3.05) is 12.1 Å². The van der Waals surface area contributed by atoms with E-state index in [1.165, 1.54) is 16.7 Å². The second kappa shape index (κ2) is 6.78. The molecule has 3 aromatic rings. The topological polar surface area (TPSA) is 15.6 Å². The van der Waals surface area contributed by atoms with Gasteiger partial charge in [-0.2, -0.15) is 5.10 Å². The maximum absolute atomic E-state index is 4.64. The van der Waals surface area contributed by atoms with E-state index >= 15 is 0 Å². The summed E-state index contributed by atoms with van der Waals surface area (Å²) in [6.07, 6.45) is 6.44. The van der Waals surface area contributed by atoms with Crippen molar-refractivity contribution >= 4 is 18.0 Å². The fourth-order valence-electron chi connectivity index (χ4n) is 3.29. The predicted octanol–water partition coefficient (Wildman–Crippen LogP) is 5.32. The summed E-state index contributed by atoms with van der Waals surface area (Å²) in [5.74, 6) is 0.292. The van der Waals surface area contributed by atoms with E-state index in [-0.39, 0.29) is 0 Å². The fraction of sp³-hybridized carbons (Fsp3) is 0.0870. The summed E-state index contributed by atoms with van der Waals surface area (Å²) in [5.41, 5.74) is 6.17. The quantitative estimate of drug-likeness (QED) is 0.469. The standard InChI is InChI=1S/C23H20N2/c1-25(20-11-3-2-4-12-20)24-17-19-10-6-8-14-22(19)23-16-15-18-9-5-7-13-21(18)23/h2-17,23H,1H3. The summed E-state index contributed by atoms with van der Waals surface area (Å²) < 4.78 is 0. The molecule has 25 heavy (non-hydrogen) atoms. The molecule has 122 valence electrons. The third kappa shape index (κ3) is 3.11. The van der Waals surface area contributed by atoms with Gasteiger partial charge < -0.3 is 0 Å². The van der Waals surface area contributed by atoms with E-state index in [9.17, 15) is 0 Å². The maximum Gasteiger partial charge on any atom is 0.0590 e. The summed E-state index contributed by atoms with van der Waals surface area (Å²) in [6, 6.07) is 27.2. The van der Waals surface area contributed by atoms with Crippen molar-refractivity contribution in [1.82, 2.24) is 0 Å². The van der Waals surface area contributed by atoms with Crippen molar-refractivity contribution in [3.8, 4) is 0 Å². The lowest BCUT2D eigenvalue weighted by Crippen LogP contribution is -2.09. The van der Waals surface area contributed by atoms with Crippen molar-refractivity contribution in [2.45, 2.75) is 5.92 Å². The molecule has 0 fully saturated rings. The van der Waals surface area contributed by atoms with Crippen LogP contribution in [-0.2, 0) is 0 Å². The van der Waals surface area contributed by atoms with Crippen LogP contribution in [0, 0.1) is 0 Å². The van der Waals surface area contributed by atoms with Gasteiger partial charge in [0.05, 0.1) is 11.9 Å². The van der Waals surface area contributed by atoms with E-state index in [2.05, 4.69) is 77.9 Å². The first-order valence-corrected chi connectivity index (χ1v) is 8.52. The minimum Gasteiger partial charge on any atom is -0.269 e. The Labute approximate surface area is 148 Å². The van der Waals surface area contributed by atoms with Gasteiger partial charge in [-0.1, -0.05) is 78.9 Å². The highest BCUT2D eigenvalue weighted by molar-refractivity contribution is 5.84. The Morgan fingerprint density at radius 2 is 1.48 bits per heavy atom. The van der Waals surface area contributed by atoms with Crippen molar-refractivity contribution in [2.24, 2.45) is 5.10 Å². The highest BCUT2D eigenvalue weighted by Crippen LogP contribution is 2.36. The molecule has 0 N–H and O–H groups in total. The number of nitrogens with zero attached hydrogens (tertiary/aromatic N) is 2. The molecule has 0 bridgehead atoms. The highest BCUT2D eigenvalue weighted by Gasteiger charge is 2.20. The van der Waals surface area contributed by atoms with E-state index in [1.807, 2.05) is 36.5 Å². The normalized spacial score (nSPS) is 15.5.